The lowest BCUT2D eigenvalue weighted by atomic mass is 9.78. The molecule has 1 aliphatic carbocycles. The van der Waals surface area contributed by atoms with E-state index in [-0.39, 0.29) is 0 Å². The number of nitrogens with zero attached hydrogens (tertiary/aromatic N) is 1. The van der Waals surface area contributed by atoms with Crippen molar-refractivity contribution in [2.24, 2.45) is 11.8 Å². The maximum absolute atomic E-state index is 13.4. The van der Waals surface area contributed by atoms with Gasteiger partial charge in [0.1, 0.15) is 0 Å². The van der Waals surface area contributed by atoms with Gasteiger partial charge in [-0.2, -0.15) is 0 Å². The molecular weight excluding hydrogens is 328 g/mol. The van der Waals surface area contributed by atoms with E-state index in [1.807, 2.05) is 12.3 Å². The lowest BCUT2D eigenvalue weighted by Crippen LogP contribution is -2.14. The molecule has 0 aliphatic heterocycles. The van der Waals surface area contributed by atoms with E-state index in [0.717, 1.165) is 24.3 Å². The van der Waals surface area contributed by atoms with Crippen molar-refractivity contribution >= 4 is 0 Å². The van der Waals surface area contributed by atoms with Crippen LogP contribution in [0.5, 0.6) is 0 Å². The van der Waals surface area contributed by atoms with E-state index >= 15 is 0 Å². The van der Waals surface area contributed by atoms with Crippen LogP contribution in [0.2, 0.25) is 0 Å². The van der Waals surface area contributed by atoms with Gasteiger partial charge in [-0.3, -0.25) is 4.98 Å². The first-order chi connectivity index (χ1) is 12.7. The van der Waals surface area contributed by atoms with Crippen LogP contribution < -0.4 is 0 Å². The average Bonchev–Trinajstić information content (AvgIpc) is 2.68. The first-order valence-corrected chi connectivity index (χ1v) is 9.67. The summed E-state index contributed by atoms with van der Waals surface area (Å²) in [5, 5.41) is 0. The number of rotatable bonds is 6. The van der Waals surface area contributed by atoms with Gasteiger partial charge in [0.15, 0.2) is 11.6 Å². The van der Waals surface area contributed by atoms with Crippen LogP contribution in [-0.4, -0.2) is 4.98 Å². The van der Waals surface area contributed by atoms with Gasteiger partial charge in [0.05, 0.1) is 5.69 Å². The van der Waals surface area contributed by atoms with Crippen LogP contribution in [0.15, 0.2) is 48.7 Å². The van der Waals surface area contributed by atoms with Crippen LogP contribution in [0.3, 0.4) is 0 Å². The second kappa shape index (κ2) is 9.07. The van der Waals surface area contributed by atoms with Crippen molar-refractivity contribution in [3.8, 4) is 11.3 Å². The molecule has 0 amide bonds. The zero-order valence-corrected chi connectivity index (χ0v) is 15.4. The highest BCUT2D eigenvalue weighted by Crippen LogP contribution is 2.33. The van der Waals surface area contributed by atoms with E-state index in [1.165, 1.54) is 50.2 Å². The first-order valence-electron chi connectivity index (χ1n) is 9.67. The summed E-state index contributed by atoms with van der Waals surface area (Å²) in [6, 6.07) is 7.86. The van der Waals surface area contributed by atoms with Crippen LogP contribution in [0, 0.1) is 23.5 Å². The highest BCUT2D eigenvalue weighted by molar-refractivity contribution is 5.59. The minimum absolute atomic E-state index is 0.606. The fourth-order valence-electron chi connectivity index (χ4n) is 3.85. The molecule has 0 bridgehead atoms. The lowest BCUT2D eigenvalue weighted by molar-refractivity contribution is 0.265. The summed E-state index contributed by atoms with van der Waals surface area (Å²) in [4.78, 5) is 4.43. The van der Waals surface area contributed by atoms with Crippen LogP contribution in [0.25, 0.3) is 11.3 Å². The Hall–Kier alpha value is -2.03. The molecule has 0 N–H and O–H groups in total. The van der Waals surface area contributed by atoms with Gasteiger partial charge in [0.25, 0.3) is 0 Å². The van der Waals surface area contributed by atoms with Crippen molar-refractivity contribution < 1.29 is 8.78 Å². The van der Waals surface area contributed by atoms with E-state index in [9.17, 15) is 8.78 Å². The highest BCUT2D eigenvalue weighted by atomic mass is 19.2. The van der Waals surface area contributed by atoms with Crippen LogP contribution in [0.4, 0.5) is 8.78 Å². The van der Waals surface area contributed by atoms with Gasteiger partial charge >= 0.3 is 0 Å². The molecule has 1 aliphatic rings. The SMILES string of the molecule is C/C=C/CC1CCC(CCc2ccc(-c3ccc(F)c(F)c3)nc2)CC1. The third-order valence-electron chi connectivity index (χ3n) is 5.55. The van der Waals surface area contributed by atoms with Gasteiger partial charge in [-0.15, -0.1) is 0 Å². The van der Waals surface area contributed by atoms with E-state index in [1.54, 1.807) is 6.07 Å². The Balaban J connectivity index is 1.50. The molecule has 0 atom stereocenters. The smallest absolute Gasteiger partial charge is 0.159 e. The third kappa shape index (κ3) is 5.00. The quantitative estimate of drug-likeness (QED) is 0.523. The summed E-state index contributed by atoms with van der Waals surface area (Å²) in [5.74, 6) is 0.0337. The second-order valence-corrected chi connectivity index (χ2v) is 7.41. The number of halogens is 2. The molecule has 138 valence electrons. The number of hydrogen-bond acceptors (Lipinski definition) is 1. The van der Waals surface area contributed by atoms with Crippen molar-refractivity contribution in [2.45, 2.75) is 51.9 Å². The Kier molecular flexibility index (Phi) is 6.54. The van der Waals surface area contributed by atoms with Crippen LogP contribution in [0.1, 0.15) is 51.0 Å². The Morgan fingerprint density at radius 2 is 1.77 bits per heavy atom. The maximum Gasteiger partial charge on any atom is 0.159 e. The Morgan fingerprint density at radius 1 is 1.00 bits per heavy atom. The topological polar surface area (TPSA) is 12.9 Å². The molecule has 1 aromatic carbocycles. The van der Waals surface area contributed by atoms with E-state index < -0.39 is 11.6 Å². The standard InChI is InChI=1S/C23H27F2N/c1-2-3-4-17-5-7-18(8-6-17)9-10-19-11-14-23(26-16-19)20-12-13-21(24)22(25)15-20/h2-3,11-18H,4-10H2,1H3/b3-2+. The van der Waals surface area contributed by atoms with Gasteiger partial charge in [-0.1, -0.05) is 31.1 Å². The normalized spacial score (nSPS) is 20.6. The van der Waals surface area contributed by atoms with Gasteiger partial charge in [0, 0.05) is 11.8 Å². The third-order valence-corrected chi connectivity index (χ3v) is 5.55. The van der Waals surface area contributed by atoms with E-state index in [0.29, 0.717) is 11.3 Å². The first kappa shape index (κ1) is 18.8. The Morgan fingerprint density at radius 3 is 2.42 bits per heavy atom. The molecule has 1 fully saturated rings. The van der Waals surface area contributed by atoms with Crippen LogP contribution in [-0.2, 0) is 6.42 Å². The molecule has 0 radical (unpaired) electrons. The van der Waals surface area contributed by atoms with Crippen molar-refractivity contribution in [3.63, 3.8) is 0 Å². The Labute approximate surface area is 155 Å². The summed E-state index contributed by atoms with van der Waals surface area (Å²) >= 11 is 0. The predicted molar refractivity (Wildman–Crippen MR) is 103 cm³/mol. The molecule has 3 heteroatoms. The molecule has 1 nitrogen and oxygen atoms in total. The van der Waals surface area contributed by atoms with Gasteiger partial charge in [-0.25, -0.2) is 8.78 Å². The summed E-state index contributed by atoms with van der Waals surface area (Å²) in [7, 11) is 0. The molecule has 1 aromatic heterocycles. The molecule has 2 aromatic rings. The number of pyridine rings is 1. The Bertz CT molecular complexity index is 728. The minimum Gasteiger partial charge on any atom is -0.256 e. The average molecular weight is 355 g/mol. The van der Waals surface area contributed by atoms with E-state index in [4.69, 9.17) is 0 Å². The molecular formula is C23H27F2N. The highest BCUT2D eigenvalue weighted by Gasteiger charge is 2.20. The second-order valence-electron chi connectivity index (χ2n) is 7.41. The van der Waals surface area contributed by atoms with Gasteiger partial charge < -0.3 is 0 Å². The predicted octanol–water partition coefficient (Wildman–Crippen LogP) is 6.73. The minimum atomic E-state index is -0.835. The van der Waals surface area contributed by atoms with E-state index in [2.05, 4.69) is 30.1 Å². The van der Waals surface area contributed by atoms with Crippen molar-refractivity contribution in [2.75, 3.05) is 0 Å². The summed E-state index contributed by atoms with van der Waals surface area (Å²) in [5.41, 5.74) is 2.50. The number of benzene rings is 1. The maximum atomic E-state index is 13.4. The monoisotopic (exact) mass is 355 g/mol. The summed E-state index contributed by atoms with van der Waals surface area (Å²) < 4.78 is 26.4. The zero-order valence-electron chi connectivity index (χ0n) is 15.4. The fourth-order valence-corrected chi connectivity index (χ4v) is 3.85. The number of aromatic nitrogens is 1. The molecule has 1 saturated carbocycles. The molecule has 26 heavy (non-hydrogen) atoms. The van der Waals surface area contributed by atoms with Crippen molar-refractivity contribution in [1.29, 1.82) is 0 Å². The molecule has 0 spiro atoms. The number of allylic oxidation sites excluding steroid dienone is 2. The van der Waals surface area contributed by atoms with Crippen molar-refractivity contribution in [3.05, 3.63) is 65.9 Å². The lowest BCUT2D eigenvalue weighted by Gasteiger charge is -2.27. The summed E-state index contributed by atoms with van der Waals surface area (Å²) in [6.07, 6.45) is 15.2. The number of hydrogen-bond donors (Lipinski definition) is 0. The largest absolute Gasteiger partial charge is 0.256 e. The molecule has 1 heterocycles. The van der Waals surface area contributed by atoms with Gasteiger partial charge in [0.2, 0.25) is 0 Å². The van der Waals surface area contributed by atoms with Crippen LogP contribution >= 0.6 is 0 Å². The van der Waals surface area contributed by atoms with Gasteiger partial charge in [-0.05, 0) is 80.7 Å². The molecule has 0 saturated heterocycles. The molecule has 0 unspecified atom stereocenters. The number of aryl methyl sites for hydroxylation is 1. The van der Waals surface area contributed by atoms with Crippen molar-refractivity contribution in [1.82, 2.24) is 4.98 Å². The summed E-state index contributed by atoms with van der Waals surface area (Å²) in [6.45, 7) is 2.09. The fraction of sp³-hybridized carbons (Fsp3) is 0.435. The molecule has 3 rings (SSSR count). The zero-order chi connectivity index (χ0) is 18.4.